The summed E-state index contributed by atoms with van der Waals surface area (Å²) in [5.74, 6) is 1.61. The highest BCUT2D eigenvalue weighted by Crippen LogP contribution is 2.20. The standard InChI is InChI=1S/C19H38N4O/c1-17(2)15-19(24)23-7-5-18(6-8-23)16-22-13-11-21(12-14-22)10-9-20(3)4/h17-18H,5-16H2,1-4H3. The van der Waals surface area contributed by atoms with E-state index in [1.165, 1.54) is 52.1 Å². The van der Waals surface area contributed by atoms with Crippen molar-refractivity contribution in [1.82, 2.24) is 19.6 Å². The van der Waals surface area contributed by atoms with Crippen LogP contribution in [0, 0.1) is 11.8 Å². The summed E-state index contributed by atoms with van der Waals surface area (Å²) >= 11 is 0. The Morgan fingerprint density at radius 2 is 1.58 bits per heavy atom. The highest BCUT2D eigenvalue weighted by Gasteiger charge is 2.25. The van der Waals surface area contributed by atoms with Crippen molar-refractivity contribution in [2.45, 2.75) is 33.1 Å². The van der Waals surface area contributed by atoms with Crippen LogP contribution in [0.4, 0.5) is 0 Å². The molecule has 0 aliphatic carbocycles. The SMILES string of the molecule is CC(C)CC(=O)N1CCC(CN2CCN(CCN(C)C)CC2)CC1. The molecular formula is C19H38N4O. The van der Waals surface area contributed by atoms with Crippen LogP contribution in [-0.2, 0) is 4.79 Å². The monoisotopic (exact) mass is 338 g/mol. The lowest BCUT2D eigenvalue weighted by atomic mass is 9.95. The molecular weight excluding hydrogens is 300 g/mol. The van der Waals surface area contributed by atoms with Crippen LogP contribution in [-0.4, -0.2) is 98.5 Å². The molecule has 0 aromatic rings. The summed E-state index contributed by atoms with van der Waals surface area (Å²) in [5, 5.41) is 0. The Morgan fingerprint density at radius 1 is 1.00 bits per heavy atom. The van der Waals surface area contributed by atoms with Crippen LogP contribution in [0.1, 0.15) is 33.1 Å². The zero-order chi connectivity index (χ0) is 17.5. The molecule has 2 fully saturated rings. The molecule has 0 aromatic heterocycles. The molecule has 1 amide bonds. The molecule has 0 saturated carbocycles. The second-order valence-corrected chi connectivity index (χ2v) is 8.37. The normalized spacial score (nSPS) is 21.8. The van der Waals surface area contributed by atoms with E-state index in [4.69, 9.17) is 0 Å². The highest BCUT2D eigenvalue weighted by molar-refractivity contribution is 5.76. The topological polar surface area (TPSA) is 30.0 Å². The second-order valence-electron chi connectivity index (χ2n) is 8.37. The number of carbonyl (C=O) groups excluding carboxylic acids is 1. The first kappa shape index (κ1) is 19.7. The van der Waals surface area contributed by atoms with Gasteiger partial charge in [-0.05, 0) is 38.8 Å². The zero-order valence-corrected chi connectivity index (χ0v) is 16.3. The van der Waals surface area contributed by atoms with Crippen LogP contribution >= 0.6 is 0 Å². The van der Waals surface area contributed by atoms with Gasteiger partial charge < -0.3 is 14.7 Å². The van der Waals surface area contributed by atoms with Crippen LogP contribution in [0.5, 0.6) is 0 Å². The van der Waals surface area contributed by atoms with Gasteiger partial charge in [0.05, 0.1) is 0 Å². The summed E-state index contributed by atoms with van der Waals surface area (Å²) in [4.78, 5) is 21.7. The quantitative estimate of drug-likeness (QED) is 0.703. The Kier molecular flexibility index (Phi) is 7.98. The number of hydrogen-bond acceptors (Lipinski definition) is 4. The number of likely N-dealkylation sites (N-methyl/N-ethyl adjacent to an activating group) is 1. The summed E-state index contributed by atoms with van der Waals surface area (Å²) in [5.41, 5.74) is 0. The molecule has 2 aliphatic heterocycles. The molecule has 2 heterocycles. The molecule has 5 nitrogen and oxygen atoms in total. The van der Waals surface area contributed by atoms with Crippen molar-refractivity contribution >= 4 is 5.91 Å². The molecule has 140 valence electrons. The van der Waals surface area contributed by atoms with Gasteiger partial charge in [-0.1, -0.05) is 13.8 Å². The molecule has 0 radical (unpaired) electrons. The van der Waals surface area contributed by atoms with Crippen molar-refractivity contribution in [2.24, 2.45) is 11.8 Å². The van der Waals surface area contributed by atoms with E-state index in [0.717, 1.165) is 25.6 Å². The van der Waals surface area contributed by atoms with Gasteiger partial charge in [0.15, 0.2) is 0 Å². The Hall–Kier alpha value is -0.650. The van der Waals surface area contributed by atoms with Gasteiger partial charge in [-0.3, -0.25) is 9.69 Å². The van der Waals surface area contributed by atoms with Crippen LogP contribution in [0.3, 0.4) is 0 Å². The Labute approximate surface area is 148 Å². The molecule has 2 aliphatic rings. The van der Waals surface area contributed by atoms with Gasteiger partial charge in [0.1, 0.15) is 0 Å². The van der Waals surface area contributed by atoms with E-state index in [9.17, 15) is 4.79 Å². The molecule has 24 heavy (non-hydrogen) atoms. The summed E-state index contributed by atoms with van der Waals surface area (Å²) in [7, 11) is 4.29. The number of carbonyl (C=O) groups is 1. The van der Waals surface area contributed by atoms with Gasteiger partial charge in [-0.25, -0.2) is 0 Å². The third-order valence-corrected chi connectivity index (χ3v) is 5.39. The first-order chi connectivity index (χ1) is 11.4. The lowest BCUT2D eigenvalue weighted by Crippen LogP contribution is -2.50. The fourth-order valence-electron chi connectivity index (χ4n) is 3.75. The number of piperidine rings is 1. The minimum Gasteiger partial charge on any atom is -0.343 e. The van der Waals surface area contributed by atoms with Crippen molar-refractivity contribution in [3.05, 3.63) is 0 Å². The third kappa shape index (κ3) is 6.69. The van der Waals surface area contributed by atoms with E-state index >= 15 is 0 Å². The molecule has 0 unspecified atom stereocenters. The number of nitrogens with zero attached hydrogens (tertiary/aromatic N) is 4. The lowest BCUT2D eigenvalue weighted by molar-refractivity contribution is -0.133. The minimum atomic E-state index is 0.359. The molecule has 0 aromatic carbocycles. The number of piperazine rings is 1. The zero-order valence-electron chi connectivity index (χ0n) is 16.3. The van der Waals surface area contributed by atoms with Crippen LogP contribution in [0.15, 0.2) is 0 Å². The predicted molar refractivity (Wildman–Crippen MR) is 100 cm³/mol. The highest BCUT2D eigenvalue weighted by atomic mass is 16.2. The van der Waals surface area contributed by atoms with Gasteiger partial charge in [0, 0.05) is 65.3 Å². The fourth-order valence-corrected chi connectivity index (χ4v) is 3.75. The number of likely N-dealkylation sites (tertiary alicyclic amines) is 1. The summed E-state index contributed by atoms with van der Waals surface area (Å²) in [6.07, 6.45) is 3.08. The predicted octanol–water partition coefficient (Wildman–Crippen LogP) is 1.45. The third-order valence-electron chi connectivity index (χ3n) is 5.39. The van der Waals surface area contributed by atoms with Crippen LogP contribution in [0.25, 0.3) is 0 Å². The number of amides is 1. The molecule has 0 bridgehead atoms. The molecule has 2 saturated heterocycles. The fraction of sp³-hybridized carbons (Fsp3) is 0.947. The first-order valence-corrected chi connectivity index (χ1v) is 9.81. The number of hydrogen-bond donors (Lipinski definition) is 0. The van der Waals surface area contributed by atoms with Crippen LogP contribution < -0.4 is 0 Å². The maximum Gasteiger partial charge on any atom is 0.222 e. The summed E-state index contributed by atoms with van der Waals surface area (Å²) in [6.45, 7) is 14.6. The average molecular weight is 339 g/mol. The van der Waals surface area contributed by atoms with Crippen LogP contribution in [0.2, 0.25) is 0 Å². The van der Waals surface area contributed by atoms with Crippen molar-refractivity contribution in [2.75, 3.05) is 73.0 Å². The van der Waals surface area contributed by atoms with E-state index in [0.29, 0.717) is 18.2 Å². The van der Waals surface area contributed by atoms with Gasteiger partial charge >= 0.3 is 0 Å². The largest absolute Gasteiger partial charge is 0.343 e. The second kappa shape index (κ2) is 9.73. The number of rotatable bonds is 7. The Balaban J connectivity index is 1.62. The Morgan fingerprint density at radius 3 is 2.12 bits per heavy atom. The Bertz CT molecular complexity index is 370. The molecule has 0 spiro atoms. The molecule has 0 atom stereocenters. The van der Waals surface area contributed by atoms with Gasteiger partial charge in [-0.15, -0.1) is 0 Å². The lowest BCUT2D eigenvalue weighted by Gasteiger charge is -2.39. The average Bonchev–Trinajstić information content (AvgIpc) is 2.54. The smallest absolute Gasteiger partial charge is 0.222 e. The molecule has 5 heteroatoms. The summed E-state index contributed by atoms with van der Waals surface area (Å²) < 4.78 is 0. The first-order valence-electron chi connectivity index (χ1n) is 9.81. The van der Waals surface area contributed by atoms with E-state index in [-0.39, 0.29) is 0 Å². The van der Waals surface area contributed by atoms with Gasteiger partial charge in [0.25, 0.3) is 0 Å². The van der Waals surface area contributed by atoms with Crippen molar-refractivity contribution in [3.63, 3.8) is 0 Å². The van der Waals surface area contributed by atoms with Crippen molar-refractivity contribution in [1.29, 1.82) is 0 Å². The molecule has 0 N–H and O–H groups in total. The van der Waals surface area contributed by atoms with Crippen molar-refractivity contribution in [3.8, 4) is 0 Å². The van der Waals surface area contributed by atoms with Gasteiger partial charge in [0.2, 0.25) is 5.91 Å². The van der Waals surface area contributed by atoms with E-state index in [1.54, 1.807) is 0 Å². The molecule has 2 rings (SSSR count). The van der Waals surface area contributed by atoms with Crippen molar-refractivity contribution < 1.29 is 4.79 Å². The maximum atomic E-state index is 12.2. The van der Waals surface area contributed by atoms with Gasteiger partial charge in [-0.2, -0.15) is 0 Å². The van der Waals surface area contributed by atoms with E-state index in [2.05, 4.69) is 47.5 Å². The van der Waals surface area contributed by atoms with E-state index in [1.807, 2.05) is 0 Å². The maximum absolute atomic E-state index is 12.2. The summed E-state index contributed by atoms with van der Waals surface area (Å²) in [6, 6.07) is 0. The van der Waals surface area contributed by atoms with E-state index < -0.39 is 0 Å². The minimum absolute atomic E-state index is 0.359.